The second-order valence-corrected chi connectivity index (χ2v) is 7.42. The minimum Gasteiger partial charge on any atom is -0.385 e. The van der Waals surface area contributed by atoms with Gasteiger partial charge in [0.2, 0.25) is 0 Å². The highest BCUT2D eigenvalue weighted by atomic mass is 19.4. The van der Waals surface area contributed by atoms with Crippen molar-refractivity contribution in [2.75, 3.05) is 18.0 Å². The Kier molecular flexibility index (Phi) is 3.99. The quantitative estimate of drug-likeness (QED) is 0.788. The molecule has 1 saturated heterocycles. The summed E-state index contributed by atoms with van der Waals surface area (Å²) in [5.41, 5.74) is -0.350. The predicted octanol–water partition coefficient (Wildman–Crippen LogP) is 4.58. The summed E-state index contributed by atoms with van der Waals surface area (Å²) in [4.78, 5) is 1.97. The van der Waals surface area contributed by atoms with Gasteiger partial charge in [0.1, 0.15) is 5.82 Å². The van der Waals surface area contributed by atoms with Gasteiger partial charge in [-0.2, -0.15) is 13.2 Å². The van der Waals surface area contributed by atoms with Crippen molar-refractivity contribution in [1.29, 1.82) is 0 Å². The van der Waals surface area contributed by atoms with Gasteiger partial charge in [-0.05, 0) is 60.6 Å². The molecule has 1 aliphatic carbocycles. The monoisotopic (exact) mass is 365 g/mol. The molecule has 0 bridgehead atoms. The van der Waals surface area contributed by atoms with E-state index in [2.05, 4.69) is 0 Å². The van der Waals surface area contributed by atoms with Crippen molar-refractivity contribution in [2.45, 2.75) is 24.6 Å². The fourth-order valence-corrected chi connectivity index (χ4v) is 4.44. The summed E-state index contributed by atoms with van der Waals surface area (Å²) >= 11 is 0. The van der Waals surface area contributed by atoms with Crippen molar-refractivity contribution in [3.05, 3.63) is 65.5 Å². The molecule has 1 heterocycles. The Morgan fingerprint density at radius 3 is 2.15 bits per heavy atom. The molecule has 2 unspecified atom stereocenters. The van der Waals surface area contributed by atoms with E-state index in [-0.39, 0.29) is 17.7 Å². The van der Waals surface area contributed by atoms with Crippen LogP contribution in [0.3, 0.4) is 0 Å². The molecule has 2 aromatic rings. The fourth-order valence-electron chi connectivity index (χ4n) is 4.44. The van der Waals surface area contributed by atoms with E-state index in [0.29, 0.717) is 37.2 Å². The first-order chi connectivity index (χ1) is 12.2. The third kappa shape index (κ3) is 3.07. The lowest BCUT2D eigenvalue weighted by Crippen LogP contribution is -2.28. The molecule has 2 aliphatic rings. The van der Waals surface area contributed by atoms with Gasteiger partial charge in [-0.25, -0.2) is 4.39 Å². The van der Waals surface area contributed by atoms with Crippen LogP contribution in [0.4, 0.5) is 23.2 Å². The van der Waals surface area contributed by atoms with Crippen LogP contribution in [0, 0.1) is 17.7 Å². The average Bonchev–Trinajstić information content (AvgIpc) is 3.10. The Bertz CT molecular complexity index is 788. The van der Waals surface area contributed by atoms with Gasteiger partial charge >= 0.3 is 6.18 Å². The smallest absolute Gasteiger partial charge is 0.385 e. The van der Waals surface area contributed by atoms with Crippen LogP contribution < -0.4 is 4.90 Å². The van der Waals surface area contributed by atoms with E-state index in [0.717, 1.165) is 6.07 Å². The first kappa shape index (κ1) is 17.3. The Morgan fingerprint density at radius 2 is 1.58 bits per heavy atom. The lowest BCUT2D eigenvalue weighted by atomic mass is 9.90. The molecule has 0 radical (unpaired) electrons. The summed E-state index contributed by atoms with van der Waals surface area (Å²) < 4.78 is 51.9. The van der Waals surface area contributed by atoms with E-state index in [1.165, 1.54) is 24.3 Å². The van der Waals surface area contributed by atoms with E-state index in [4.69, 9.17) is 0 Å². The number of halogens is 4. The number of hydrogen-bond donors (Lipinski definition) is 1. The lowest BCUT2D eigenvalue weighted by Gasteiger charge is -2.27. The molecule has 1 N–H and O–H groups in total. The molecule has 0 spiro atoms. The Morgan fingerprint density at radius 1 is 0.962 bits per heavy atom. The van der Waals surface area contributed by atoms with Gasteiger partial charge in [0.25, 0.3) is 0 Å². The number of alkyl halides is 3. The van der Waals surface area contributed by atoms with Crippen LogP contribution in [0.15, 0.2) is 48.5 Å². The van der Waals surface area contributed by atoms with Gasteiger partial charge in [0, 0.05) is 18.8 Å². The molecule has 0 aromatic heterocycles. The SMILES string of the molecule is OC1(c2ccc(F)cc2)CC2CN(c3cccc(C(F)(F)F)c3)CC2C1. The second kappa shape index (κ2) is 5.98. The lowest BCUT2D eigenvalue weighted by molar-refractivity contribution is -0.137. The first-order valence-corrected chi connectivity index (χ1v) is 8.65. The highest BCUT2D eigenvalue weighted by Gasteiger charge is 2.49. The second-order valence-electron chi connectivity index (χ2n) is 7.42. The van der Waals surface area contributed by atoms with Gasteiger partial charge < -0.3 is 10.0 Å². The Hall–Kier alpha value is -2.08. The summed E-state index contributed by atoms with van der Waals surface area (Å²) in [6, 6.07) is 11.3. The maximum Gasteiger partial charge on any atom is 0.416 e. The number of anilines is 1. The van der Waals surface area contributed by atoms with Gasteiger partial charge in [-0.3, -0.25) is 0 Å². The summed E-state index contributed by atoms with van der Waals surface area (Å²) in [7, 11) is 0. The molecular weight excluding hydrogens is 346 g/mol. The summed E-state index contributed by atoms with van der Waals surface area (Å²) in [6.07, 6.45) is -3.27. The molecular formula is C20H19F4NO. The number of rotatable bonds is 2. The van der Waals surface area contributed by atoms with E-state index in [1.807, 2.05) is 4.90 Å². The third-order valence-electron chi connectivity index (χ3n) is 5.70. The molecule has 138 valence electrons. The van der Waals surface area contributed by atoms with E-state index >= 15 is 0 Å². The summed E-state index contributed by atoms with van der Waals surface area (Å²) in [5, 5.41) is 11.0. The van der Waals surface area contributed by atoms with Crippen molar-refractivity contribution in [1.82, 2.24) is 0 Å². The molecule has 2 aromatic carbocycles. The highest BCUT2D eigenvalue weighted by Crippen LogP contribution is 2.49. The molecule has 6 heteroatoms. The number of benzene rings is 2. The zero-order valence-corrected chi connectivity index (χ0v) is 14.0. The van der Waals surface area contributed by atoms with Crippen molar-refractivity contribution >= 4 is 5.69 Å². The molecule has 2 fully saturated rings. The molecule has 26 heavy (non-hydrogen) atoms. The Labute approximate surface area is 149 Å². The standard InChI is InChI=1S/C20H19F4NO/c21-17-6-4-15(5-7-17)19(26)9-13-11-25(12-14(13)10-19)18-3-1-2-16(8-18)20(22,23)24/h1-8,13-14,26H,9-12H2. The van der Waals surface area contributed by atoms with Crippen LogP contribution in [0.1, 0.15) is 24.0 Å². The van der Waals surface area contributed by atoms with Crippen LogP contribution in [-0.2, 0) is 11.8 Å². The number of aliphatic hydroxyl groups is 1. The summed E-state index contributed by atoms with van der Waals surface area (Å²) in [6.45, 7) is 1.24. The first-order valence-electron chi connectivity index (χ1n) is 8.65. The predicted molar refractivity (Wildman–Crippen MR) is 90.2 cm³/mol. The van der Waals surface area contributed by atoms with E-state index in [9.17, 15) is 22.7 Å². The van der Waals surface area contributed by atoms with Crippen molar-refractivity contribution in [2.24, 2.45) is 11.8 Å². The number of hydrogen-bond acceptors (Lipinski definition) is 2. The van der Waals surface area contributed by atoms with Gasteiger partial charge in [-0.1, -0.05) is 18.2 Å². The number of nitrogens with zero attached hydrogens (tertiary/aromatic N) is 1. The van der Waals surface area contributed by atoms with E-state index in [1.54, 1.807) is 18.2 Å². The Balaban J connectivity index is 1.49. The van der Waals surface area contributed by atoms with Crippen LogP contribution in [-0.4, -0.2) is 18.2 Å². The van der Waals surface area contributed by atoms with E-state index < -0.39 is 17.3 Å². The van der Waals surface area contributed by atoms with Crippen LogP contribution in [0.25, 0.3) is 0 Å². The van der Waals surface area contributed by atoms with Crippen LogP contribution >= 0.6 is 0 Å². The van der Waals surface area contributed by atoms with Gasteiger partial charge in [0.15, 0.2) is 0 Å². The zero-order chi connectivity index (χ0) is 18.5. The van der Waals surface area contributed by atoms with Crippen LogP contribution in [0.5, 0.6) is 0 Å². The third-order valence-corrected chi connectivity index (χ3v) is 5.70. The largest absolute Gasteiger partial charge is 0.416 e. The fraction of sp³-hybridized carbons (Fsp3) is 0.400. The molecule has 1 saturated carbocycles. The minimum absolute atomic E-state index is 0.208. The summed E-state index contributed by atoms with van der Waals surface area (Å²) in [5.74, 6) is 0.0745. The molecule has 4 rings (SSSR count). The van der Waals surface area contributed by atoms with Crippen molar-refractivity contribution < 1.29 is 22.7 Å². The topological polar surface area (TPSA) is 23.5 Å². The van der Waals surface area contributed by atoms with Gasteiger partial charge in [0.05, 0.1) is 11.2 Å². The van der Waals surface area contributed by atoms with Crippen molar-refractivity contribution in [3.8, 4) is 0 Å². The molecule has 2 nitrogen and oxygen atoms in total. The van der Waals surface area contributed by atoms with Crippen molar-refractivity contribution in [3.63, 3.8) is 0 Å². The minimum atomic E-state index is -4.35. The van der Waals surface area contributed by atoms with Crippen LogP contribution in [0.2, 0.25) is 0 Å². The average molecular weight is 365 g/mol. The normalized spacial score (nSPS) is 28.4. The molecule has 0 amide bonds. The maximum atomic E-state index is 13.1. The number of fused-ring (bicyclic) bond motifs is 1. The molecule has 2 atom stereocenters. The highest BCUT2D eigenvalue weighted by molar-refractivity contribution is 5.50. The molecule has 1 aliphatic heterocycles. The zero-order valence-electron chi connectivity index (χ0n) is 14.0. The maximum absolute atomic E-state index is 13.1. The van der Waals surface area contributed by atoms with Gasteiger partial charge in [-0.15, -0.1) is 0 Å².